The lowest BCUT2D eigenvalue weighted by Gasteiger charge is -2.23. The number of carbonyl (C=O) groups is 1. The van der Waals surface area contributed by atoms with Crippen molar-refractivity contribution < 1.29 is 4.79 Å². The van der Waals surface area contributed by atoms with Crippen molar-refractivity contribution in [3.63, 3.8) is 0 Å². The van der Waals surface area contributed by atoms with E-state index < -0.39 is 0 Å². The molecule has 6 nitrogen and oxygen atoms in total. The summed E-state index contributed by atoms with van der Waals surface area (Å²) in [5.41, 5.74) is 4.13. The summed E-state index contributed by atoms with van der Waals surface area (Å²) in [5.74, 6) is 0.187. The number of amides is 1. The molecule has 29 heavy (non-hydrogen) atoms. The zero-order valence-corrected chi connectivity index (χ0v) is 17.3. The molecule has 1 aromatic heterocycles. The van der Waals surface area contributed by atoms with Crippen LogP contribution in [0.2, 0.25) is 0 Å². The van der Waals surface area contributed by atoms with Crippen LogP contribution in [0.15, 0.2) is 59.4 Å². The minimum absolute atomic E-state index is 0.0952. The van der Waals surface area contributed by atoms with Gasteiger partial charge in [-0.05, 0) is 63.1 Å². The van der Waals surface area contributed by atoms with Gasteiger partial charge in [-0.3, -0.25) is 14.2 Å². The summed E-state index contributed by atoms with van der Waals surface area (Å²) in [6, 6.07) is 17.0. The van der Waals surface area contributed by atoms with E-state index in [1.54, 1.807) is 11.8 Å². The zero-order valence-electron chi connectivity index (χ0n) is 17.3. The van der Waals surface area contributed by atoms with Gasteiger partial charge in [0, 0.05) is 29.7 Å². The Kier molecular flexibility index (Phi) is 6.12. The summed E-state index contributed by atoms with van der Waals surface area (Å²) in [4.78, 5) is 31.9. The largest absolute Gasteiger partial charge is 0.326 e. The van der Waals surface area contributed by atoms with Gasteiger partial charge < -0.3 is 10.2 Å². The molecule has 1 heterocycles. The first kappa shape index (κ1) is 20.3. The summed E-state index contributed by atoms with van der Waals surface area (Å²) in [5, 5.41) is 3.19. The molecule has 0 aliphatic rings. The molecule has 2 aromatic carbocycles. The van der Waals surface area contributed by atoms with Crippen molar-refractivity contribution in [3.8, 4) is 0 Å². The molecule has 1 N–H and O–H groups in total. The average Bonchev–Trinajstić information content (AvgIpc) is 2.65. The van der Waals surface area contributed by atoms with Crippen molar-refractivity contribution in [2.24, 2.45) is 0 Å². The van der Waals surface area contributed by atoms with Gasteiger partial charge in [0.25, 0.3) is 5.56 Å². The molecule has 3 aromatic rings. The van der Waals surface area contributed by atoms with Gasteiger partial charge in [0.15, 0.2) is 0 Å². The fourth-order valence-electron chi connectivity index (χ4n) is 3.24. The second-order valence-electron chi connectivity index (χ2n) is 7.12. The third-order valence-corrected chi connectivity index (χ3v) is 4.63. The number of likely N-dealkylation sites (N-methyl/N-ethyl adjacent to an activating group) is 1. The molecule has 150 valence electrons. The quantitative estimate of drug-likeness (QED) is 0.692. The van der Waals surface area contributed by atoms with Gasteiger partial charge in [-0.15, -0.1) is 0 Å². The Labute approximate surface area is 170 Å². The Hall–Kier alpha value is -3.41. The van der Waals surface area contributed by atoms with Crippen LogP contribution in [0.25, 0.3) is 0 Å². The number of benzene rings is 2. The van der Waals surface area contributed by atoms with E-state index in [1.807, 2.05) is 69.3 Å². The Morgan fingerprint density at radius 1 is 1.03 bits per heavy atom. The highest BCUT2D eigenvalue weighted by molar-refractivity contribution is 5.93. The Morgan fingerprint density at radius 3 is 2.38 bits per heavy atom. The molecular weight excluding hydrogens is 364 g/mol. The van der Waals surface area contributed by atoms with Crippen molar-refractivity contribution in [3.05, 3.63) is 81.8 Å². The monoisotopic (exact) mass is 390 g/mol. The second kappa shape index (κ2) is 8.73. The third kappa shape index (κ3) is 4.90. The summed E-state index contributed by atoms with van der Waals surface area (Å²) >= 11 is 0. The molecule has 6 heteroatoms. The molecule has 0 aliphatic heterocycles. The maximum absolute atomic E-state index is 13.1. The van der Waals surface area contributed by atoms with E-state index in [2.05, 4.69) is 10.3 Å². The van der Waals surface area contributed by atoms with Gasteiger partial charge >= 0.3 is 0 Å². The fourth-order valence-corrected chi connectivity index (χ4v) is 3.24. The molecule has 0 bridgehead atoms. The lowest BCUT2D eigenvalue weighted by Crippen LogP contribution is -2.37. The highest BCUT2D eigenvalue weighted by Gasteiger charge is 2.18. The molecule has 3 rings (SSSR count). The van der Waals surface area contributed by atoms with Crippen molar-refractivity contribution >= 4 is 23.2 Å². The topological polar surface area (TPSA) is 67.2 Å². The minimum atomic E-state index is -0.263. The van der Waals surface area contributed by atoms with Gasteiger partial charge in [0.05, 0.1) is 0 Å². The van der Waals surface area contributed by atoms with Crippen LogP contribution in [0.4, 0.5) is 17.3 Å². The minimum Gasteiger partial charge on any atom is -0.326 e. The molecule has 0 unspecified atom stereocenters. The van der Waals surface area contributed by atoms with Gasteiger partial charge in [-0.2, -0.15) is 0 Å². The Bertz CT molecular complexity index is 1090. The van der Waals surface area contributed by atoms with Crippen LogP contribution in [0.1, 0.15) is 23.7 Å². The molecule has 0 spiro atoms. The summed E-state index contributed by atoms with van der Waals surface area (Å²) in [6.07, 6.45) is 0. The van der Waals surface area contributed by atoms with Crippen LogP contribution < -0.4 is 15.8 Å². The van der Waals surface area contributed by atoms with Crippen molar-refractivity contribution in [2.75, 3.05) is 16.8 Å². The molecule has 0 aliphatic carbocycles. The smallest absolute Gasteiger partial charge is 0.255 e. The molecule has 1 amide bonds. The standard InChI is InChI=1S/C23H26N4O2/c1-5-26(20-11-7-9-17(3)13-20)22(29)15-27-21(28)14-18(4)24-23(27)25-19-10-6-8-16(2)12-19/h6-14H,5,15H2,1-4H3,(H,24,25). The third-order valence-electron chi connectivity index (χ3n) is 4.63. The molecule has 0 saturated heterocycles. The van der Waals surface area contributed by atoms with Gasteiger partial charge in [0.2, 0.25) is 11.9 Å². The van der Waals surface area contributed by atoms with E-state index in [-0.39, 0.29) is 18.0 Å². The summed E-state index contributed by atoms with van der Waals surface area (Å²) < 4.78 is 1.39. The summed E-state index contributed by atoms with van der Waals surface area (Å²) in [6.45, 7) is 8.08. The number of rotatable bonds is 6. The van der Waals surface area contributed by atoms with Gasteiger partial charge in [0.1, 0.15) is 6.54 Å². The molecular formula is C23H26N4O2. The zero-order chi connectivity index (χ0) is 21.0. The SMILES string of the molecule is CCN(C(=O)Cn1c(Nc2cccc(C)c2)nc(C)cc1=O)c1cccc(C)c1. The van der Waals surface area contributed by atoms with Crippen LogP contribution in [0.3, 0.4) is 0 Å². The number of carbonyl (C=O) groups excluding carboxylic acids is 1. The number of hydrogen-bond acceptors (Lipinski definition) is 4. The highest BCUT2D eigenvalue weighted by Crippen LogP contribution is 2.18. The first-order chi connectivity index (χ1) is 13.9. The van der Waals surface area contributed by atoms with Crippen molar-refractivity contribution in [1.29, 1.82) is 0 Å². The Morgan fingerprint density at radius 2 is 1.72 bits per heavy atom. The van der Waals surface area contributed by atoms with E-state index in [9.17, 15) is 9.59 Å². The van der Waals surface area contributed by atoms with Crippen LogP contribution in [0, 0.1) is 20.8 Å². The average molecular weight is 390 g/mol. The van der Waals surface area contributed by atoms with Crippen LogP contribution in [0.5, 0.6) is 0 Å². The lowest BCUT2D eigenvalue weighted by atomic mass is 10.2. The number of nitrogens with zero attached hydrogens (tertiary/aromatic N) is 3. The van der Waals surface area contributed by atoms with E-state index in [0.29, 0.717) is 18.2 Å². The molecule has 0 radical (unpaired) electrons. The number of hydrogen-bond donors (Lipinski definition) is 1. The maximum Gasteiger partial charge on any atom is 0.255 e. The van der Waals surface area contributed by atoms with E-state index in [4.69, 9.17) is 0 Å². The Balaban J connectivity index is 1.93. The second-order valence-corrected chi connectivity index (χ2v) is 7.12. The highest BCUT2D eigenvalue weighted by atomic mass is 16.2. The predicted molar refractivity (Wildman–Crippen MR) is 117 cm³/mol. The van der Waals surface area contributed by atoms with Crippen LogP contribution in [-0.2, 0) is 11.3 Å². The number of aryl methyl sites for hydroxylation is 3. The number of anilines is 3. The summed E-state index contributed by atoms with van der Waals surface area (Å²) in [7, 11) is 0. The molecule has 0 fully saturated rings. The van der Waals surface area contributed by atoms with Crippen LogP contribution >= 0.6 is 0 Å². The first-order valence-corrected chi connectivity index (χ1v) is 9.66. The number of nitrogens with one attached hydrogen (secondary N) is 1. The normalized spacial score (nSPS) is 10.6. The lowest BCUT2D eigenvalue weighted by molar-refractivity contribution is -0.119. The van der Waals surface area contributed by atoms with Gasteiger partial charge in [-0.25, -0.2) is 4.98 Å². The first-order valence-electron chi connectivity index (χ1n) is 9.66. The predicted octanol–water partition coefficient (Wildman–Crippen LogP) is 3.97. The van der Waals surface area contributed by atoms with E-state index in [1.165, 1.54) is 10.6 Å². The van der Waals surface area contributed by atoms with E-state index >= 15 is 0 Å². The van der Waals surface area contributed by atoms with Crippen molar-refractivity contribution in [2.45, 2.75) is 34.2 Å². The van der Waals surface area contributed by atoms with Crippen molar-refractivity contribution in [1.82, 2.24) is 9.55 Å². The van der Waals surface area contributed by atoms with Crippen LogP contribution in [-0.4, -0.2) is 22.0 Å². The maximum atomic E-state index is 13.1. The fraction of sp³-hybridized carbons (Fsp3) is 0.261. The van der Waals surface area contributed by atoms with Gasteiger partial charge in [-0.1, -0.05) is 24.3 Å². The van der Waals surface area contributed by atoms with E-state index in [0.717, 1.165) is 22.5 Å². The molecule has 0 atom stereocenters. The number of aromatic nitrogens is 2. The molecule has 0 saturated carbocycles.